The molecule has 1 aliphatic heterocycles. The van der Waals surface area contributed by atoms with E-state index < -0.39 is 5.79 Å². The van der Waals surface area contributed by atoms with Crippen LogP contribution < -0.4 is 0 Å². The average molecular weight is 449 g/mol. The molecule has 2 aromatic carbocycles. The Bertz CT molecular complexity index is 991. The van der Waals surface area contributed by atoms with Crippen molar-refractivity contribution in [2.24, 2.45) is 0 Å². The van der Waals surface area contributed by atoms with E-state index in [1.54, 1.807) is 6.20 Å². The van der Waals surface area contributed by atoms with E-state index in [2.05, 4.69) is 81.2 Å². The van der Waals surface area contributed by atoms with Gasteiger partial charge in [-0.15, -0.1) is 0 Å². The van der Waals surface area contributed by atoms with E-state index in [-0.39, 0.29) is 11.5 Å². The highest BCUT2D eigenvalue weighted by molar-refractivity contribution is 5.27. The number of rotatable bonds is 9. The lowest BCUT2D eigenvalue weighted by atomic mass is 9.87. The summed E-state index contributed by atoms with van der Waals surface area (Å²) in [5.41, 5.74) is 5.22. The van der Waals surface area contributed by atoms with Gasteiger partial charge in [-0.25, -0.2) is 4.98 Å². The zero-order valence-electron chi connectivity index (χ0n) is 20.3. The van der Waals surface area contributed by atoms with Gasteiger partial charge in [0.05, 0.1) is 32.7 Å². The fourth-order valence-corrected chi connectivity index (χ4v) is 4.15. The van der Waals surface area contributed by atoms with Gasteiger partial charge in [0.25, 0.3) is 0 Å². The number of hydrogen-bond donors (Lipinski definition) is 0. The van der Waals surface area contributed by atoms with Crippen LogP contribution in [-0.2, 0) is 39.2 Å². The monoisotopic (exact) mass is 448 g/mol. The molecule has 0 amide bonds. The Hall–Kier alpha value is -2.47. The predicted molar refractivity (Wildman–Crippen MR) is 130 cm³/mol. The van der Waals surface area contributed by atoms with E-state index in [0.29, 0.717) is 26.4 Å². The van der Waals surface area contributed by atoms with Gasteiger partial charge in [0.2, 0.25) is 0 Å². The first-order valence-corrected chi connectivity index (χ1v) is 11.8. The van der Waals surface area contributed by atoms with Crippen molar-refractivity contribution in [3.05, 3.63) is 89.5 Å². The summed E-state index contributed by atoms with van der Waals surface area (Å²) in [4.78, 5) is 4.17. The lowest BCUT2D eigenvalue weighted by Gasteiger charge is -2.28. The Morgan fingerprint density at radius 1 is 1.06 bits per heavy atom. The van der Waals surface area contributed by atoms with Gasteiger partial charge in [-0.3, -0.25) is 0 Å². The second-order valence-electron chi connectivity index (χ2n) is 10.1. The first-order valence-electron chi connectivity index (χ1n) is 11.8. The van der Waals surface area contributed by atoms with Crippen molar-refractivity contribution >= 4 is 0 Å². The summed E-state index contributed by atoms with van der Waals surface area (Å²) in [5, 5.41) is 0. The van der Waals surface area contributed by atoms with Crippen molar-refractivity contribution < 1.29 is 14.2 Å². The smallest absolute Gasteiger partial charge is 0.187 e. The molecule has 5 nitrogen and oxygen atoms in total. The predicted octanol–water partition coefficient (Wildman–Crippen LogP) is 5.45. The molecule has 0 aliphatic carbocycles. The first-order chi connectivity index (χ1) is 15.8. The lowest BCUT2D eigenvalue weighted by Crippen LogP contribution is -2.37. The van der Waals surface area contributed by atoms with Crippen LogP contribution in [0.15, 0.2) is 67.3 Å². The van der Waals surface area contributed by atoms with Crippen LogP contribution in [0.4, 0.5) is 0 Å². The highest BCUT2D eigenvalue weighted by Gasteiger charge is 2.41. The third-order valence-electron chi connectivity index (χ3n) is 6.20. The summed E-state index contributed by atoms with van der Waals surface area (Å²) in [6.07, 6.45) is 7.13. The summed E-state index contributed by atoms with van der Waals surface area (Å²) in [5.74, 6) is -0.673. The Morgan fingerprint density at radius 3 is 2.45 bits per heavy atom. The second-order valence-corrected chi connectivity index (χ2v) is 10.1. The van der Waals surface area contributed by atoms with Crippen LogP contribution in [0.2, 0.25) is 0 Å². The maximum Gasteiger partial charge on any atom is 0.187 e. The molecule has 0 spiro atoms. The third kappa shape index (κ3) is 6.53. The maximum absolute atomic E-state index is 6.47. The molecule has 0 bridgehead atoms. The van der Waals surface area contributed by atoms with Gasteiger partial charge >= 0.3 is 0 Å². The van der Waals surface area contributed by atoms with Gasteiger partial charge in [0, 0.05) is 18.8 Å². The number of ether oxygens (including phenoxy) is 3. The van der Waals surface area contributed by atoms with E-state index >= 15 is 0 Å². The van der Waals surface area contributed by atoms with Crippen LogP contribution in [-0.4, -0.2) is 34.7 Å². The zero-order valence-corrected chi connectivity index (χ0v) is 20.3. The van der Waals surface area contributed by atoms with E-state index in [0.717, 1.165) is 12.8 Å². The number of aryl methyl sites for hydroxylation is 2. The van der Waals surface area contributed by atoms with Gasteiger partial charge < -0.3 is 18.8 Å². The van der Waals surface area contributed by atoms with Crippen molar-refractivity contribution in [2.45, 2.75) is 71.0 Å². The molecule has 2 heterocycles. The van der Waals surface area contributed by atoms with E-state index in [1.165, 1.54) is 22.3 Å². The molecule has 33 heavy (non-hydrogen) atoms. The summed E-state index contributed by atoms with van der Waals surface area (Å²) in [7, 11) is 0. The second kappa shape index (κ2) is 10.2. The van der Waals surface area contributed by atoms with Gasteiger partial charge in [0.1, 0.15) is 6.10 Å². The molecular weight excluding hydrogens is 412 g/mol. The summed E-state index contributed by atoms with van der Waals surface area (Å²) in [6.45, 7) is 11.0. The molecule has 176 valence electrons. The summed E-state index contributed by atoms with van der Waals surface area (Å²) < 4.78 is 20.8. The molecule has 0 radical (unpaired) electrons. The minimum Gasteiger partial charge on any atom is -0.374 e. The minimum absolute atomic E-state index is 0.0830. The Balaban J connectivity index is 1.33. The van der Waals surface area contributed by atoms with Gasteiger partial charge in [-0.1, -0.05) is 74.9 Å². The molecule has 1 fully saturated rings. The van der Waals surface area contributed by atoms with Crippen molar-refractivity contribution in [3.8, 4) is 0 Å². The van der Waals surface area contributed by atoms with Crippen molar-refractivity contribution in [3.63, 3.8) is 0 Å². The molecule has 1 aliphatic rings. The number of imidazole rings is 1. The van der Waals surface area contributed by atoms with Crippen LogP contribution in [0, 0.1) is 6.92 Å². The molecular formula is C28H36N2O3. The summed E-state index contributed by atoms with van der Waals surface area (Å²) >= 11 is 0. The van der Waals surface area contributed by atoms with Gasteiger partial charge in [0.15, 0.2) is 5.79 Å². The standard InChI is InChI=1S/C28H36N2O3/c1-22-5-7-23(8-6-22)13-14-28(20-30-16-15-29-21-30)32-19-26(33-28)18-31-17-24-9-11-25(12-10-24)27(2,3)4/h5-12,15-16,21,26H,13-14,17-20H2,1-4H3. The molecule has 4 rings (SSSR count). The highest BCUT2D eigenvalue weighted by atomic mass is 16.8. The third-order valence-corrected chi connectivity index (χ3v) is 6.20. The van der Waals surface area contributed by atoms with E-state index in [9.17, 15) is 0 Å². The first kappa shape index (κ1) is 23.7. The van der Waals surface area contributed by atoms with Crippen LogP contribution >= 0.6 is 0 Å². The SMILES string of the molecule is Cc1ccc(CCC2(Cn3ccnc3)OCC(COCc3ccc(C(C)(C)C)cc3)O2)cc1. The van der Waals surface area contributed by atoms with E-state index in [4.69, 9.17) is 14.2 Å². The molecule has 2 unspecified atom stereocenters. The minimum atomic E-state index is -0.673. The summed E-state index contributed by atoms with van der Waals surface area (Å²) in [6, 6.07) is 17.3. The number of benzene rings is 2. The number of aromatic nitrogens is 2. The zero-order chi connectivity index (χ0) is 23.3. The lowest BCUT2D eigenvalue weighted by molar-refractivity contribution is -0.187. The normalized spacial score (nSPS) is 20.9. The van der Waals surface area contributed by atoms with E-state index in [1.807, 2.05) is 17.1 Å². The molecule has 1 saturated heterocycles. The Labute approximate surface area is 197 Å². The molecule has 0 saturated carbocycles. The van der Waals surface area contributed by atoms with Crippen LogP contribution in [0.5, 0.6) is 0 Å². The van der Waals surface area contributed by atoms with Crippen molar-refractivity contribution in [1.82, 2.24) is 9.55 Å². The number of nitrogens with zero attached hydrogens (tertiary/aromatic N) is 2. The van der Waals surface area contributed by atoms with Crippen LogP contribution in [0.25, 0.3) is 0 Å². The highest BCUT2D eigenvalue weighted by Crippen LogP contribution is 2.31. The van der Waals surface area contributed by atoms with Crippen molar-refractivity contribution in [1.29, 1.82) is 0 Å². The quantitative estimate of drug-likeness (QED) is 0.437. The molecule has 3 aromatic rings. The fourth-order valence-electron chi connectivity index (χ4n) is 4.15. The largest absolute Gasteiger partial charge is 0.374 e. The molecule has 1 aromatic heterocycles. The Morgan fingerprint density at radius 2 is 1.79 bits per heavy atom. The average Bonchev–Trinajstić information content (AvgIpc) is 3.44. The molecule has 0 N–H and O–H groups in total. The van der Waals surface area contributed by atoms with Crippen molar-refractivity contribution in [2.75, 3.05) is 13.2 Å². The van der Waals surface area contributed by atoms with Gasteiger partial charge in [-0.05, 0) is 35.4 Å². The Kier molecular flexibility index (Phi) is 7.32. The maximum atomic E-state index is 6.47. The fraction of sp³-hybridized carbons (Fsp3) is 0.464. The van der Waals surface area contributed by atoms with Gasteiger partial charge in [-0.2, -0.15) is 0 Å². The number of hydrogen-bond acceptors (Lipinski definition) is 4. The molecule has 2 atom stereocenters. The molecule has 5 heteroatoms. The topological polar surface area (TPSA) is 45.5 Å². The van der Waals surface area contributed by atoms with Crippen LogP contribution in [0.1, 0.15) is 49.4 Å². The van der Waals surface area contributed by atoms with Crippen LogP contribution in [0.3, 0.4) is 0 Å².